The van der Waals surface area contributed by atoms with Crippen LogP contribution < -0.4 is 5.32 Å². The molecule has 1 rings (SSSR count). The van der Waals surface area contributed by atoms with Crippen LogP contribution in [0.1, 0.15) is 33.1 Å². The van der Waals surface area contributed by atoms with Crippen molar-refractivity contribution in [3.63, 3.8) is 0 Å². The largest absolute Gasteiger partial charge is 0.384 e. The zero-order valence-electron chi connectivity index (χ0n) is 12.1. The van der Waals surface area contributed by atoms with E-state index < -0.39 is 0 Å². The minimum absolute atomic E-state index is 0.293. The maximum atomic E-state index is 12.1. The smallest absolute Gasteiger partial charge is 0.222 e. The quantitative estimate of drug-likeness (QED) is 0.750. The van der Waals surface area contributed by atoms with Gasteiger partial charge in [-0.15, -0.1) is 0 Å². The Kier molecular flexibility index (Phi) is 7.28. The Bertz CT molecular complexity index is 238. The van der Waals surface area contributed by atoms with Crippen molar-refractivity contribution < 1.29 is 9.53 Å². The molecule has 1 N–H and O–H groups in total. The van der Waals surface area contributed by atoms with Gasteiger partial charge in [0.05, 0.1) is 0 Å². The molecule has 1 saturated heterocycles. The number of nitrogens with zero attached hydrogens (tertiary/aromatic N) is 1. The van der Waals surface area contributed by atoms with E-state index in [2.05, 4.69) is 19.2 Å². The minimum Gasteiger partial charge on any atom is -0.384 e. The average Bonchev–Trinajstić information content (AvgIpc) is 2.37. The first-order valence-corrected chi connectivity index (χ1v) is 7.14. The number of piperidine rings is 1. The number of rotatable bonds is 7. The number of carbonyl (C=O) groups is 1. The maximum Gasteiger partial charge on any atom is 0.222 e. The number of hydrogen-bond acceptors (Lipinski definition) is 3. The molecular weight excluding hydrogens is 228 g/mol. The lowest BCUT2D eigenvalue weighted by Gasteiger charge is -2.32. The highest BCUT2D eigenvalue weighted by molar-refractivity contribution is 5.76. The van der Waals surface area contributed by atoms with Crippen molar-refractivity contribution in [2.45, 2.75) is 33.1 Å². The molecule has 1 heterocycles. The zero-order chi connectivity index (χ0) is 13.4. The van der Waals surface area contributed by atoms with E-state index in [4.69, 9.17) is 4.74 Å². The highest BCUT2D eigenvalue weighted by Crippen LogP contribution is 2.18. The summed E-state index contributed by atoms with van der Waals surface area (Å²) in [4.78, 5) is 14.1. The fourth-order valence-electron chi connectivity index (χ4n) is 2.51. The van der Waals surface area contributed by atoms with Crippen molar-refractivity contribution in [1.29, 1.82) is 0 Å². The summed E-state index contributed by atoms with van der Waals surface area (Å²) in [6.07, 6.45) is 2.89. The summed E-state index contributed by atoms with van der Waals surface area (Å²) in [7, 11) is 1.69. The van der Waals surface area contributed by atoms with Gasteiger partial charge in [0.15, 0.2) is 0 Å². The van der Waals surface area contributed by atoms with Crippen molar-refractivity contribution in [3.05, 3.63) is 0 Å². The van der Waals surface area contributed by atoms with Gasteiger partial charge in [-0.05, 0) is 37.8 Å². The molecular formula is C14H28N2O2. The van der Waals surface area contributed by atoms with Gasteiger partial charge in [-0.3, -0.25) is 4.79 Å². The van der Waals surface area contributed by atoms with Crippen LogP contribution in [-0.2, 0) is 9.53 Å². The van der Waals surface area contributed by atoms with Crippen LogP contribution in [0.5, 0.6) is 0 Å². The molecule has 4 heteroatoms. The van der Waals surface area contributed by atoms with Gasteiger partial charge in [-0.1, -0.05) is 13.8 Å². The lowest BCUT2D eigenvalue weighted by Crippen LogP contribution is -2.41. The van der Waals surface area contributed by atoms with Gasteiger partial charge in [0.25, 0.3) is 0 Å². The number of likely N-dealkylation sites (tertiary alicyclic amines) is 1. The Morgan fingerprint density at radius 3 is 2.67 bits per heavy atom. The molecule has 0 radical (unpaired) electrons. The van der Waals surface area contributed by atoms with Gasteiger partial charge >= 0.3 is 0 Å². The molecule has 1 aliphatic rings. The number of nitrogens with one attached hydrogen (secondary N) is 1. The van der Waals surface area contributed by atoms with Crippen LogP contribution in [0, 0.1) is 11.8 Å². The van der Waals surface area contributed by atoms with Crippen LogP contribution in [0.2, 0.25) is 0 Å². The third-order valence-corrected chi connectivity index (χ3v) is 3.62. The Morgan fingerprint density at radius 1 is 1.44 bits per heavy atom. The summed E-state index contributed by atoms with van der Waals surface area (Å²) < 4.78 is 5.07. The molecule has 4 nitrogen and oxygen atoms in total. The first-order chi connectivity index (χ1) is 8.67. The fraction of sp³-hybridized carbons (Fsp3) is 0.929. The zero-order valence-corrected chi connectivity index (χ0v) is 12.1. The standard InChI is InChI=1S/C14H28N2O2/c1-4-15-10-13-5-7-16(8-6-13)14(17)9-12(2)11-18-3/h12-13,15H,4-11H2,1-3H3. The van der Waals surface area contributed by atoms with Crippen molar-refractivity contribution in [1.82, 2.24) is 10.2 Å². The molecule has 0 saturated carbocycles. The van der Waals surface area contributed by atoms with Crippen LogP contribution in [0.3, 0.4) is 0 Å². The van der Waals surface area contributed by atoms with Crippen LogP contribution >= 0.6 is 0 Å². The fourth-order valence-corrected chi connectivity index (χ4v) is 2.51. The van der Waals surface area contributed by atoms with Crippen LogP contribution in [-0.4, -0.2) is 50.7 Å². The van der Waals surface area contributed by atoms with E-state index in [1.165, 1.54) is 0 Å². The number of amides is 1. The van der Waals surface area contributed by atoms with E-state index in [0.717, 1.165) is 44.9 Å². The van der Waals surface area contributed by atoms with Crippen molar-refractivity contribution in [2.24, 2.45) is 11.8 Å². The second kappa shape index (κ2) is 8.48. The second-order valence-corrected chi connectivity index (χ2v) is 5.40. The van der Waals surface area contributed by atoms with Gasteiger partial charge in [0.2, 0.25) is 5.91 Å². The minimum atomic E-state index is 0.293. The van der Waals surface area contributed by atoms with Gasteiger partial charge in [-0.25, -0.2) is 0 Å². The second-order valence-electron chi connectivity index (χ2n) is 5.40. The first-order valence-electron chi connectivity index (χ1n) is 7.14. The van der Waals surface area contributed by atoms with Gasteiger partial charge in [-0.2, -0.15) is 0 Å². The number of ether oxygens (including phenoxy) is 1. The Labute approximate surface area is 111 Å². The summed E-state index contributed by atoms with van der Waals surface area (Å²) in [5.41, 5.74) is 0. The molecule has 0 spiro atoms. The molecule has 106 valence electrons. The Balaban J connectivity index is 2.23. The third kappa shape index (κ3) is 5.36. The SMILES string of the molecule is CCNCC1CCN(C(=O)CC(C)COC)CC1. The topological polar surface area (TPSA) is 41.6 Å². The molecule has 0 aromatic rings. The molecule has 0 aromatic heterocycles. The molecule has 1 atom stereocenters. The van der Waals surface area contributed by atoms with Crippen molar-refractivity contribution in [2.75, 3.05) is 39.9 Å². The highest BCUT2D eigenvalue weighted by atomic mass is 16.5. The molecule has 1 unspecified atom stereocenters. The monoisotopic (exact) mass is 256 g/mol. The maximum absolute atomic E-state index is 12.1. The van der Waals surface area contributed by atoms with E-state index in [1.807, 2.05) is 4.90 Å². The van der Waals surface area contributed by atoms with E-state index >= 15 is 0 Å². The summed E-state index contributed by atoms with van der Waals surface area (Å²) in [5, 5.41) is 3.39. The first kappa shape index (κ1) is 15.4. The van der Waals surface area contributed by atoms with E-state index in [0.29, 0.717) is 24.9 Å². The van der Waals surface area contributed by atoms with E-state index in [-0.39, 0.29) is 0 Å². The highest BCUT2D eigenvalue weighted by Gasteiger charge is 2.23. The van der Waals surface area contributed by atoms with Crippen molar-refractivity contribution >= 4 is 5.91 Å². The van der Waals surface area contributed by atoms with Gasteiger partial charge < -0.3 is 15.0 Å². The molecule has 1 fully saturated rings. The summed E-state index contributed by atoms with van der Waals surface area (Å²) in [6.45, 7) is 8.85. The average molecular weight is 256 g/mol. The third-order valence-electron chi connectivity index (χ3n) is 3.62. The normalized spacial score (nSPS) is 18.9. The lowest BCUT2D eigenvalue weighted by atomic mass is 9.96. The molecule has 1 aliphatic heterocycles. The number of methoxy groups -OCH3 is 1. The van der Waals surface area contributed by atoms with Gasteiger partial charge in [0, 0.05) is 33.2 Å². The van der Waals surface area contributed by atoms with Crippen molar-refractivity contribution in [3.8, 4) is 0 Å². The van der Waals surface area contributed by atoms with E-state index in [9.17, 15) is 4.79 Å². The molecule has 0 aliphatic carbocycles. The van der Waals surface area contributed by atoms with E-state index in [1.54, 1.807) is 7.11 Å². The molecule has 0 aromatic carbocycles. The molecule has 0 bridgehead atoms. The summed E-state index contributed by atoms with van der Waals surface area (Å²) >= 11 is 0. The van der Waals surface area contributed by atoms with Crippen LogP contribution in [0.25, 0.3) is 0 Å². The molecule has 18 heavy (non-hydrogen) atoms. The predicted molar refractivity (Wildman–Crippen MR) is 73.5 cm³/mol. The number of carbonyl (C=O) groups excluding carboxylic acids is 1. The number of hydrogen-bond donors (Lipinski definition) is 1. The summed E-state index contributed by atoms with van der Waals surface area (Å²) in [6, 6.07) is 0. The predicted octanol–water partition coefficient (Wildman–Crippen LogP) is 1.51. The van der Waals surface area contributed by atoms with Crippen LogP contribution in [0.15, 0.2) is 0 Å². The van der Waals surface area contributed by atoms with Gasteiger partial charge in [0.1, 0.15) is 0 Å². The molecule has 1 amide bonds. The lowest BCUT2D eigenvalue weighted by molar-refractivity contribution is -0.133. The Hall–Kier alpha value is -0.610. The Morgan fingerprint density at radius 2 is 2.11 bits per heavy atom. The van der Waals surface area contributed by atoms with Crippen LogP contribution in [0.4, 0.5) is 0 Å². The summed E-state index contributed by atoms with van der Waals surface area (Å²) in [5.74, 6) is 1.36.